The zero-order valence-electron chi connectivity index (χ0n) is 14.0. The minimum atomic E-state index is -3.94. The summed E-state index contributed by atoms with van der Waals surface area (Å²) in [6.45, 7) is 3.86. The first-order chi connectivity index (χ1) is 11.9. The van der Waals surface area contributed by atoms with E-state index in [2.05, 4.69) is 0 Å². The van der Waals surface area contributed by atoms with Gasteiger partial charge in [-0.2, -0.15) is 8.42 Å². The lowest BCUT2D eigenvalue weighted by molar-refractivity contribution is 0.485. The van der Waals surface area contributed by atoms with Crippen LogP contribution in [-0.2, 0) is 16.5 Å². The van der Waals surface area contributed by atoms with E-state index in [9.17, 15) is 13.2 Å². The Bertz CT molecular complexity index is 1070. The maximum absolute atomic E-state index is 12.3. The van der Waals surface area contributed by atoms with Gasteiger partial charge < -0.3 is 8.60 Å². The van der Waals surface area contributed by atoms with E-state index >= 15 is 0 Å². The van der Waals surface area contributed by atoms with Crippen LogP contribution in [-0.4, -0.2) is 8.42 Å². The van der Waals surface area contributed by atoms with Gasteiger partial charge in [-0.15, -0.1) is 0 Å². The van der Waals surface area contributed by atoms with Gasteiger partial charge in [0.05, 0.1) is 0 Å². The molecule has 3 rings (SSSR count). The molecule has 3 aromatic rings. The highest BCUT2D eigenvalue weighted by Crippen LogP contribution is 2.26. The summed E-state index contributed by atoms with van der Waals surface area (Å²) in [4.78, 5) is 12.2. The third-order valence-corrected chi connectivity index (χ3v) is 5.26. The molecule has 1 heterocycles. The molecule has 0 saturated heterocycles. The molecule has 0 amide bonds. The maximum atomic E-state index is 12.3. The van der Waals surface area contributed by atoms with Crippen molar-refractivity contribution in [2.75, 3.05) is 0 Å². The summed E-state index contributed by atoms with van der Waals surface area (Å²) in [5.41, 5.74) is 1.42. The molecule has 0 aliphatic carbocycles. The Morgan fingerprint density at radius 1 is 1.08 bits per heavy atom. The van der Waals surface area contributed by atoms with Gasteiger partial charge in [0.15, 0.2) is 0 Å². The van der Waals surface area contributed by atoms with Crippen molar-refractivity contribution in [1.29, 1.82) is 0 Å². The molecular weight excluding hydrogens is 340 g/mol. The Hall–Kier alpha value is -2.60. The molecule has 0 bridgehead atoms. The van der Waals surface area contributed by atoms with Crippen molar-refractivity contribution in [3.05, 3.63) is 70.1 Å². The summed E-state index contributed by atoms with van der Waals surface area (Å²) in [6.07, 6.45) is 1.48. The molecule has 1 aromatic heterocycles. The van der Waals surface area contributed by atoms with E-state index in [-0.39, 0.29) is 10.6 Å². The first-order valence-electron chi connectivity index (χ1n) is 7.98. The fourth-order valence-corrected chi connectivity index (χ4v) is 3.67. The van der Waals surface area contributed by atoms with Crippen molar-refractivity contribution in [1.82, 2.24) is 0 Å². The minimum Gasteiger partial charge on any atom is -0.422 e. The molecular formula is C19H18O5S. The highest BCUT2D eigenvalue weighted by atomic mass is 32.2. The summed E-state index contributed by atoms with van der Waals surface area (Å²) in [7, 11) is -3.94. The smallest absolute Gasteiger partial charge is 0.339 e. The van der Waals surface area contributed by atoms with Crippen molar-refractivity contribution < 1.29 is 17.0 Å². The van der Waals surface area contributed by atoms with Crippen LogP contribution in [0.3, 0.4) is 0 Å². The molecule has 0 atom stereocenters. The van der Waals surface area contributed by atoms with E-state index in [4.69, 9.17) is 8.60 Å². The van der Waals surface area contributed by atoms with E-state index in [0.717, 1.165) is 17.4 Å². The van der Waals surface area contributed by atoms with Crippen LogP contribution in [0.5, 0.6) is 5.75 Å². The average molecular weight is 358 g/mol. The van der Waals surface area contributed by atoms with Gasteiger partial charge in [0, 0.05) is 17.0 Å². The fraction of sp³-hybridized carbons (Fsp3) is 0.211. The first-order valence-corrected chi connectivity index (χ1v) is 9.39. The molecule has 0 N–H and O–H groups in total. The number of fused-ring (bicyclic) bond motifs is 1. The second-order valence-electron chi connectivity index (χ2n) is 5.75. The Kier molecular flexibility index (Phi) is 4.63. The van der Waals surface area contributed by atoms with E-state index in [1.807, 2.05) is 13.8 Å². The average Bonchev–Trinajstić information content (AvgIpc) is 2.59. The first kappa shape index (κ1) is 17.2. The van der Waals surface area contributed by atoms with Crippen molar-refractivity contribution in [2.45, 2.75) is 31.6 Å². The van der Waals surface area contributed by atoms with Crippen LogP contribution in [0.2, 0.25) is 0 Å². The molecule has 5 nitrogen and oxygen atoms in total. The zero-order valence-corrected chi connectivity index (χ0v) is 14.8. The van der Waals surface area contributed by atoms with Gasteiger partial charge in [-0.25, -0.2) is 4.79 Å². The molecule has 2 aromatic carbocycles. The van der Waals surface area contributed by atoms with Gasteiger partial charge >= 0.3 is 15.7 Å². The van der Waals surface area contributed by atoms with Gasteiger partial charge in [-0.05, 0) is 43.2 Å². The predicted molar refractivity (Wildman–Crippen MR) is 95.5 cm³/mol. The number of hydrogen-bond acceptors (Lipinski definition) is 5. The number of rotatable bonds is 5. The van der Waals surface area contributed by atoms with Crippen LogP contribution in [0, 0.1) is 6.92 Å². The summed E-state index contributed by atoms with van der Waals surface area (Å²) < 4.78 is 35.1. The second kappa shape index (κ2) is 6.72. The van der Waals surface area contributed by atoms with E-state index in [1.54, 1.807) is 30.3 Å². The summed E-state index contributed by atoms with van der Waals surface area (Å²) in [5, 5.41) is 0.771. The van der Waals surface area contributed by atoms with Crippen molar-refractivity contribution in [2.24, 2.45) is 0 Å². The van der Waals surface area contributed by atoms with Crippen LogP contribution in [0.25, 0.3) is 11.0 Å². The van der Waals surface area contributed by atoms with E-state index < -0.39 is 15.7 Å². The number of aryl methyl sites for hydroxylation is 1. The lowest BCUT2D eigenvalue weighted by Crippen LogP contribution is -2.11. The lowest BCUT2D eigenvalue weighted by atomic mass is 10.0. The van der Waals surface area contributed by atoms with Gasteiger partial charge in [0.2, 0.25) is 0 Å². The largest absolute Gasteiger partial charge is 0.422 e. The molecule has 6 heteroatoms. The quantitative estimate of drug-likeness (QED) is 0.512. The van der Waals surface area contributed by atoms with Crippen molar-refractivity contribution >= 4 is 21.1 Å². The van der Waals surface area contributed by atoms with E-state index in [0.29, 0.717) is 17.6 Å². The Labute approximate surface area is 146 Å². The van der Waals surface area contributed by atoms with Crippen LogP contribution in [0.1, 0.15) is 24.5 Å². The lowest BCUT2D eigenvalue weighted by Gasteiger charge is -2.10. The minimum absolute atomic E-state index is 0.0611. The molecule has 0 aliphatic heterocycles. The topological polar surface area (TPSA) is 73.6 Å². The maximum Gasteiger partial charge on any atom is 0.339 e. The normalized spacial score (nSPS) is 11.6. The molecule has 25 heavy (non-hydrogen) atoms. The summed E-state index contributed by atoms with van der Waals surface area (Å²) in [5.74, 6) is 0.0992. The monoisotopic (exact) mass is 358 g/mol. The number of hydrogen-bond donors (Lipinski definition) is 0. The molecule has 0 fully saturated rings. The molecule has 130 valence electrons. The highest BCUT2D eigenvalue weighted by molar-refractivity contribution is 7.87. The Morgan fingerprint density at radius 2 is 1.80 bits per heavy atom. The standard InChI is InChI=1S/C19H18O5S/c1-3-7-17-13(2)16-11-10-14(12-18(16)23-19(17)20)24-25(21,22)15-8-5-4-6-9-15/h4-6,8-12H,3,7H2,1-2H3. The van der Waals surface area contributed by atoms with Gasteiger partial charge in [0.1, 0.15) is 16.2 Å². The van der Waals surface area contributed by atoms with Crippen LogP contribution >= 0.6 is 0 Å². The van der Waals surface area contributed by atoms with Crippen LogP contribution < -0.4 is 9.81 Å². The zero-order chi connectivity index (χ0) is 18.0. The highest BCUT2D eigenvalue weighted by Gasteiger charge is 2.17. The molecule has 0 unspecified atom stereocenters. The molecule has 0 radical (unpaired) electrons. The molecule has 0 saturated carbocycles. The van der Waals surface area contributed by atoms with Crippen molar-refractivity contribution in [3.8, 4) is 5.75 Å². The van der Waals surface area contributed by atoms with Gasteiger partial charge in [-0.3, -0.25) is 0 Å². The Balaban J connectivity index is 2.02. The Morgan fingerprint density at radius 3 is 2.48 bits per heavy atom. The predicted octanol–water partition coefficient (Wildman–Crippen LogP) is 3.82. The SMILES string of the molecule is CCCc1c(C)c2ccc(OS(=O)(=O)c3ccccc3)cc2oc1=O. The fourth-order valence-electron chi connectivity index (χ4n) is 2.73. The number of benzene rings is 2. The van der Waals surface area contributed by atoms with Crippen molar-refractivity contribution in [3.63, 3.8) is 0 Å². The summed E-state index contributed by atoms with van der Waals surface area (Å²) >= 11 is 0. The third-order valence-electron chi connectivity index (χ3n) is 4.00. The van der Waals surface area contributed by atoms with Gasteiger partial charge in [0.25, 0.3) is 0 Å². The van der Waals surface area contributed by atoms with E-state index in [1.165, 1.54) is 18.2 Å². The van der Waals surface area contributed by atoms with Crippen LogP contribution in [0.4, 0.5) is 0 Å². The van der Waals surface area contributed by atoms with Gasteiger partial charge in [-0.1, -0.05) is 31.5 Å². The summed E-state index contributed by atoms with van der Waals surface area (Å²) in [6, 6.07) is 12.6. The molecule has 0 spiro atoms. The second-order valence-corrected chi connectivity index (χ2v) is 7.30. The third kappa shape index (κ3) is 3.44. The van der Waals surface area contributed by atoms with Crippen LogP contribution in [0.15, 0.2) is 62.6 Å². The molecule has 0 aliphatic rings.